The molecule has 0 unspecified atom stereocenters. The average molecular weight is 232 g/mol. The van der Waals surface area contributed by atoms with Gasteiger partial charge in [-0.05, 0) is 12.1 Å². The Morgan fingerprint density at radius 1 is 1.29 bits per heavy atom. The topological polar surface area (TPSA) is 49.7 Å². The predicted molar refractivity (Wildman–Crippen MR) is 67.5 cm³/mol. The highest BCUT2D eigenvalue weighted by molar-refractivity contribution is 5.37. The van der Waals surface area contributed by atoms with Crippen molar-refractivity contribution in [1.29, 1.82) is 0 Å². The maximum atomic E-state index is 9.17. The van der Waals surface area contributed by atoms with Gasteiger partial charge >= 0.3 is 0 Å². The van der Waals surface area contributed by atoms with E-state index in [4.69, 9.17) is 14.9 Å². The normalized spacial score (nSPS) is 11.1. The molecule has 1 aromatic rings. The van der Waals surface area contributed by atoms with Crippen molar-refractivity contribution in [1.82, 2.24) is 0 Å². The van der Waals surface area contributed by atoms with E-state index >= 15 is 0 Å². The molecule has 0 atom stereocenters. The van der Waals surface area contributed by atoms with Crippen molar-refractivity contribution >= 4 is 0 Å². The lowest BCUT2D eigenvalue weighted by Gasteiger charge is -2.13. The molecule has 0 fully saturated rings. The van der Waals surface area contributed by atoms with Crippen molar-refractivity contribution in [2.45, 2.75) is 6.61 Å². The van der Waals surface area contributed by atoms with Gasteiger partial charge in [-0.25, -0.2) is 0 Å². The van der Waals surface area contributed by atoms with Gasteiger partial charge in [-0.15, -0.1) is 0 Å². The van der Waals surface area contributed by atoms with Crippen LogP contribution in [0.1, 0.15) is 5.56 Å². The fraction of sp³-hybridized carbons (Fsp3) is 0.143. The van der Waals surface area contributed by atoms with E-state index in [9.17, 15) is 0 Å². The summed E-state index contributed by atoms with van der Waals surface area (Å²) >= 11 is 0. The number of benzene rings is 1. The maximum Gasteiger partial charge on any atom is 0.132 e. The monoisotopic (exact) mass is 232 g/mol. The van der Waals surface area contributed by atoms with Gasteiger partial charge in [0.1, 0.15) is 11.5 Å². The summed E-state index contributed by atoms with van der Waals surface area (Å²) in [7, 11) is 0. The van der Waals surface area contributed by atoms with Crippen molar-refractivity contribution < 1.29 is 14.9 Å². The van der Waals surface area contributed by atoms with Crippen molar-refractivity contribution in [3.05, 3.63) is 66.5 Å². The Hall–Kier alpha value is -1.84. The quantitative estimate of drug-likeness (QED) is 0.584. The molecule has 0 radical (unpaired) electrons. The lowest BCUT2D eigenvalue weighted by Crippen LogP contribution is -2.03. The van der Waals surface area contributed by atoms with Gasteiger partial charge in [0.25, 0.3) is 0 Å². The number of hydrogen-bond acceptors (Lipinski definition) is 3. The molecule has 0 aliphatic heterocycles. The summed E-state index contributed by atoms with van der Waals surface area (Å²) in [4.78, 5) is 0. The van der Waals surface area contributed by atoms with Crippen LogP contribution in [0, 0.1) is 0 Å². The fourth-order valence-corrected chi connectivity index (χ4v) is 1.26. The number of ether oxygens (including phenoxy) is 1. The largest absolute Gasteiger partial charge is 0.457 e. The van der Waals surface area contributed by atoms with E-state index < -0.39 is 0 Å². The summed E-state index contributed by atoms with van der Waals surface area (Å²) < 4.78 is 5.60. The van der Waals surface area contributed by atoms with Crippen LogP contribution in [0.25, 0.3) is 0 Å². The predicted octanol–water partition coefficient (Wildman–Crippen LogP) is 2.18. The molecule has 90 valence electrons. The molecule has 0 bridgehead atoms. The van der Waals surface area contributed by atoms with Crippen LogP contribution >= 0.6 is 0 Å². The second-order valence-electron chi connectivity index (χ2n) is 3.40. The Morgan fingerprint density at radius 2 is 2.00 bits per heavy atom. The zero-order valence-electron chi connectivity index (χ0n) is 9.60. The molecule has 2 N–H and O–H groups in total. The highest BCUT2D eigenvalue weighted by atomic mass is 16.5. The van der Waals surface area contributed by atoms with Crippen LogP contribution in [0.3, 0.4) is 0 Å². The van der Waals surface area contributed by atoms with Crippen molar-refractivity contribution in [2.75, 3.05) is 6.61 Å². The molecular formula is C14H16O3. The summed E-state index contributed by atoms with van der Waals surface area (Å²) in [6.07, 6.45) is 3.17. The van der Waals surface area contributed by atoms with Gasteiger partial charge in [0, 0.05) is 11.1 Å². The smallest absolute Gasteiger partial charge is 0.132 e. The van der Waals surface area contributed by atoms with Gasteiger partial charge in [-0.1, -0.05) is 37.4 Å². The summed E-state index contributed by atoms with van der Waals surface area (Å²) in [5.41, 5.74) is 1.13. The molecule has 0 saturated carbocycles. The standard InChI is InChI=1S/C14H16O3/c1-3-6-13(11(2)9-15)17-14-8-5-4-7-12(14)10-16/h3-8,15-16H,1-2,9-10H2/b13-6+. The molecule has 0 aromatic heterocycles. The van der Waals surface area contributed by atoms with Crippen LogP contribution in [0.2, 0.25) is 0 Å². The third-order valence-corrected chi connectivity index (χ3v) is 2.17. The first kappa shape index (κ1) is 13.2. The molecule has 17 heavy (non-hydrogen) atoms. The van der Waals surface area contributed by atoms with E-state index in [2.05, 4.69) is 13.2 Å². The second-order valence-corrected chi connectivity index (χ2v) is 3.40. The Labute approximate surface area is 101 Å². The minimum absolute atomic E-state index is 0.108. The minimum atomic E-state index is -0.193. The summed E-state index contributed by atoms with van der Waals surface area (Å²) in [5, 5.41) is 18.2. The summed E-state index contributed by atoms with van der Waals surface area (Å²) in [6.45, 7) is 6.96. The molecule has 0 heterocycles. The van der Waals surface area contributed by atoms with E-state index in [0.717, 1.165) is 0 Å². The van der Waals surface area contributed by atoms with Crippen LogP contribution in [0.5, 0.6) is 5.75 Å². The minimum Gasteiger partial charge on any atom is -0.457 e. The molecule has 0 spiro atoms. The van der Waals surface area contributed by atoms with E-state index in [-0.39, 0.29) is 13.2 Å². The molecule has 1 aromatic carbocycles. The Kier molecular flexibility index (Phi) is 5.20. The Morgan fingerprint density at radius 3 is 2.59 bits per heavy atom. The third kappa shape index (κ3) is 3.59. The third-order valence-electron chi connectivity index (χ3n) is 2.17. The second kappa shape index (κ2) is 6.68. The van der Waals surface area contributed by atoms with Gasteiger partial charge in [-0.2, -0.15) is 0 Å². The first-order valence-electron chi connectivity index (χ1n) is 5.21. The number of aliphatic hydroxyl groups excluding tert-OH is 2. The average Bonchev–Trinajstić information content (AvgIpc) is 2.38. The highest BCUT2D eigenvalue weighted by Crippen LogP contribution is 2.22. The zero-order valence-corrected chi connectivity index (χ0v) is 9.60. The molecule has 1 rings (SSSR count). The van der Waals surface area contributed by atoms with Gasteiger partial charge in [-0.3, -0.25) is 0 Å². The van der Waals surface area contributed by atoms with Gasteiger partial charge in [0.15, 0.2) is 0 Å². The highest BCUT2D eigenvalue weighted by Gasteiger charge is 2.07. The van der Waals surface area contributed by atoms with Crippen molar-refractivity contribution in [3.8, 4) is 5.75 Å². The molecule has 0 saturated heterocycles. The fourth-order valence-electron chi connectivity index (χ4n) is 1.26. The van der Waals surface area contributed by atoms with E-state index in [1.807, 2.05) is 12.1 Å². The number of rotatable bonds is 6. The number of allylic oxidation sites excluding steroid dienone is 2. The van der Waals surface area contributed by atoms with Crippen LogP contribution < -0.4 is 4.74 Å². The summed E-state index contributed by atoms with van der Waals surface area (Å²) in [6, 6.07) is 7.13. The number of para-hydroxylation sites is 1. The first-order valence-corrected chi connectivity index (χ1v) is 5.21. The Bertz CT molecular complexity index is 433. The number of hydrogen-bond donors (Lipinski definition) is 2. The molecular weight excluding hydrogens is 216 g/mol. The molecule has 3 heteroatoms. The van der Waals surface area contributed by atoms with Crippen LogP contribution in [0.15, 0.2) is 60.9 Å². The van der Waals surface area contributed by atoms with Crippen LogP contribution in [-0.4, -0.2) is 16.8 Å². The Balaban J connectivity index is 2.97. The maximum absolute atomic E-state index is 9.17. The van der Waals surface area contributed by atoms with Gasteiger partial charge in [0.05, 0.1) is 13.2 Å². The van der Waals surface area contributed by atoms with E-state index in [1.54, 1.807) is 24.3 Å². The number of aliphatic hydroxyl groups is 2. The lowest BCUT2D eigenvalue weighted by atomic mass is 10.2. The zero-order chi connectivity index (χ0) is 12.7. The molecule has 0 aliphatic rings. The van der Waals surface area contributed by atoms with Crippen LogP contribution in [0.4, 0.5) is 0 Å². The molecule has 0 aliphatic carbocycles. The van der Waals surface area contributed by atoms with Gasteiger partial charge in [0.2, 0.25) is 0 Å². The van der Waals surface area contributed by atoms with Crippen LogP contribution in [-0.2, 0) is 6.61 Å². The van der Waals surface area contributed by atoms with Gasteiger partial charge < -0.3 is 14.9 Å². The van der Waals surface area contributed by atoms with Crippen molar-refractivity contribution in [3.63, 3.8) is 0 Å². The molecule has 3 nitrogen and oxygen atoms in total. The SMILES string of the molecule is C=C/C=C(/Oc1ccccc1CO)C(=C)CO. The van der Waals surface area contributed by atoms with Crippen molar-refractivity contribution in [2.24, 2.45) is 0 Å². The van der Waals surface area contributed by atoms with E-state index in [1.165, 1.54) is 0 Å². The molecule has 0 amide bonds. The summed E-state index contributed by atoms with van der Waals surface area (Å²) in [5.74, 6) is 0.973. The lowest BCUT2D eigenvalue weighted by molar-refractivity contribution is 0.273. The first-order chi connectivity index (χ1) is 8.22. The van der Waals surface area contributed by atoms with E-state index in [0.29, 0.717) is 22.6 Å².